The smallest absolute Gasteiger partial charge is 0.377 e. The Morgan fingerprint density at radius 3 is 1.58 bits per heavy atom. The van der Waals surface area contributed by atoms with E-state index in [-0.39, 0.29) is 19.3 Å². The van der Waals surface area contributed by atoms with E-state index in [0.29, 0.717) is 13.2 Å². The predicted molar refractivity (Wildman–Crippen MR) is 128 cm³/mol. The van der Waals surface area contributed by atoms with E-state index < -0.39 is 7.82 Å². The quantitative estimate of drug-likeness (QED) is 0.110. The van der Waals surface area contributed by atoms with E-state index in [9.17, 15) is 4.57 Å². The summed E-state index contributed by atoms with van der Waals surface area (Å²) in [5.74, 6) is 0. The summed E-state index contributed by atoms with van der Waals surface area (Å²) in [6.07, 6.45) is 22.8. The van der Waals surface area contributed by atoms with Gasteiger partial charge in [0.1, 0.15) is 0 Å². The lowest BCUT2D eigenvalue weighted by Crippen LogP contribution is -2.17. The van der Waals surface area contributed by atoms with Crippen molar-refractivity contribution in [2.45, 2.75) is 129 Å². The first-order chi connectivity index (χ1) is 15.0. The maximum absolute atomic E-state index is 10.5. The molecule has 7 heteroatoms. The molecule has 0 amide bonds. The largest absolute Gasteiger partial charge is 0.469 e. The summed E-state index contributed by atoms with van der Waals surface area (Å²) >= 11 is 0. The average molecular weight is 467 g/mol. The minimum Gasteiger partial charge on any atom is -0.377 e. The van der Waals surface area contributed by atoms with Crippen LogP contribution in [-0.2, 0) is 18.6 Å². The molecule has 31 heavy (non-hydrogen) atoms. The van der Waals surface area contributed by atoms with Gasteiger partial charge in [-0.15, -0.1) is 0 Å². The Morgan fingerprint density at radius 1 is 0.613 bits per heavy atom. The number of rotatable bonds is 25. The minimum absolute atomic E-state index is 0.109. The molecule has 0 fully saturated rings. The fourth-order valence-electron chi connectivity index (χ4n) is 3.79. The highest BCUT2D eigenvalue weighted by Crippen LogP contribution is 2.35. The Morgan fingerprint density at radius 2 is 1.10 bits per heavy atom. The second-order valence-electron chi connectivity index (χ2n) is 8.60. The topological polar surface area (TPSA) is 85.2 Å². The van der Waals surface area contributed by atoms with Crippen LogP contribution in [0.5, 0.6) is 0 Å². The zero-order valence-corrected chi connectivity index (χ0v) is 21.3. The summed E-state index contributed by atoms with van der Waals surface area (Å²) in [5, 5.41) is 0. The van der Waals surface area contributed by atoms with Crippen LogP contribution >= 0.6 is 7.82 Å². The second kappa shape index (κ2) is 23.2. The molecule has 6 nitrogen and oxygen atoms in total. The van der Waals surface area contributed by atoms with E-state index in [2.05, 4.69) is 18.4 Å². The van der Waals surface area contributed by atoms with E-state index in [1.165, 1.54) is 89.9 Å². The van der Waals surface area contributed by atoms with Gasteiger partial charge in [0.2, 0.25) is 0 Å². The fourth-order valence-corrected chi connectivity index (χ4v) is 4.10. The molecule has 0 radical (unpaired) electrons. The van der Waals surface area contributed by atoms with E-state index in [1.807, 2.05) is 0 Å². The summed E-state index contributed by atoms with van der Waals surface area (Å²) in [7, 11) is -4.39. The molecular weight excluding hydrogens is 415 g/mol. The molecule has 0 aromatic carbocycles. The molecular formula is C24H51O6P. The number of ether oxygens (including phenoxy) is 2. The van der Waals surface area contributed by atoms with Gasteiger partial charge in [0.05, 0.1) is 32.5 Å². The van der Waals surface area contributed by atoms with Crippen molar-refractivity contribution in [3.8, 4) is 0 Å². The lowest BCUT2D eigenvalue weighted by atomic mass is 10.0. The first-order valence-corrected chi connectivity index (χ1v) is 14.4. The normalized spacial score (nSPS) is 13.0. The standard InChI is InChI=1S/C24H51O6P/c1-3-5-6-7-8-9-10-11-12-13-14-15-16-17-19-24(18-4-2)29-22-20-28-21-23-30-31(25,26)27/h24H,3-23H2,1-2H3,(H2,25,26,27). The summed E-state index contributed by atoms with van der Waals surface area (Å²) in [4.78, 5) is 17.2. The maximum atomic E-state index is 10.5. The maximum Gasteiger partial charge on any atom is 0.469 e. The summed E-state index contributed by atoms with van der Waals surface area (Å²) < 4.78 is 26.1. The van der Waals surface area contributed by atoms with Crippen molar-refractivity contribution in [1.82, 2.24) is 0 Å². The number of phosphoric ester groups is 1. The molecule has 0 aliphatic carbocycles. The van der Waals surface area contributed by atoms with E-state index in [0.717, 1.165) is 19.3 Å². The van der Waals surface area contributed by atoms with Crippen molar-refractivity contribution < 1.29 is 28.3 Å². The van der Waals surface area contributed by atoms with Crippen molar-refractivity contribution in [2.75, 3.05) is 26.4 Å². The van der Waals surface area contributed by atoms with Crippen LogP contribution < -0.4 is 0 Å². The van der Waals surface area contributed by atoms with Gasteiger partial charge in [-0.1, -0.05) is 110 Å². The van der Waals surface area contributed by atoms with Crippen LogP contribution in [0.25, 0.3) is 0 Å². The van der Waals surface area contributed by atoms with E-state index in [1.54, 1.807) is 0 Å². The molecule has 0 bridgehead atoms. The zero-order valence-electron chi connectivity index (χ0n) is 20.4. The number of hydrogen-bond donors (Lipinski definition) is 2. The molecule has 0 saturated heterocycles. The Bertz CT molecular complexity index is 402. The van der Waals surface area contributed by atoms with Gasteiger partial charge < -0.3 is 19.3 Å². The van der Waals surface area contributed by atoms with Crippen LogP contribution in [0.4, 0.5) is 0 Å². The molecule has 188 valence electrons. The molecule has 0 spiro atoms. The van der Waals surface area contributed by atoms with Crippen molar-refractivity contribution in [3.05, 3.63) is 0 Å². The van der Waals surface area contributed by atoms with E-state index >= 15 is 0 Å². The fraction of sp³-hybridized carbons (Fsp3) is 1.00. The molecule has 2 N–H and O–H groups in total. The Labute approximate surface area is 192 Å². The third-order valence-corrected chi connectivity index (χ3v) is 6.08. The van der Waals surface area contributed by atoms with Crippen LogP contribution in [0.2, 0.25) is 0 Å². The number of hydrogen-bond acceptors (Lipinski definition) is 4. The lowest BCUT2D eigenvalue weighted by Gasteiger charge is -2.17. The summed E-state index contributed by atoms with van der Waals surface area (Å²) in [5.41, 5.74) is 0. The van der Waals surface area contributed by atoms with Crippen molar-refractivity contribution in [2.24, 2.45) is 0 Å². The van der Waals surface area contributed by atoms with Crippen LogP contribution in [0, 0.1) is 0 Å². The van der Waals surface area contributed by atoms with Crippen molar-refractivity contribution >= 4 is 7.82 Å². The van der Waals surface area contributed by atoms with Gasteiger partial charge in [0, 0.05) is 0 Å². The Hall–Kier alpha value is 0.0300. The van der Waals surface area contributed by atoms with Gasteiger partial charge in [-0.25, -0.2) is 4.57 Å². The molecule has 1 unspecified atom stereocenters. The number of unbranched alkanes of at least 4 members (excludes halogenated alkanes) is 13. The molecule has 1 atom stereocenters. The van der Waals surface area contributed by atoms with Crippen LogP contribution in [-0.4, -0.2) is 42.3 Å². The van der Waals surface area contributed by atoms with Gasteiger partial charge in [-0.2, -0.15) is 0 Å². The first kappa shape index (κ1) is 31.0. The van der Waals surface area contributed by atoms with Crippen LogP contribution in [0.1, 0.15) is 123 Å². The van der Waals surface area contributed by atoms with Crippen LogP contribution in [0.15, 0.2) is 0 Å². The predicted octanol–water partition coefficient (Wildman–Crippen LogP) is 7.17. The summed E-state index contributed by atoms with van der Waals surface area (Å²) in [6.45, 7) is 5.43. The lowest BCUT2D eigenvalue weighted by molar-refractivity contribution is -0.00937. The monoisotopic (exact) mass is 466 g/mol. The molecule has 0 saturated carbocycles. The highest BCUT2D eigenvalue weighted by molar-refractivity contribution is 7.46. The van der Waals surface area contributed by atoms with Gasteiger partial charge in [0.25, 0.3) is 0 Å². The average Bonchev–Trinajstić information content (AvgIpc) is 2.72. The zero-order chi connectivity index (χ0) is 23.0. The molecule has 0 heterocycles. The van der Waals surface area contributed by atoms with Gasteiger partial charge in [0.15, 0.2) is 0 Å². The highest BCUT2D eigenvalue weighted by atomic mass is 31.2. The third-order valence-electron chi connectivity index (χ3n) is 5.56. The van der Waals surface area contributed by atoms with Gasteiger partial charge in [-0.05, 0) is 12.8 Å². The molecule has 0 rings (SSSR count). The minimum atomic E-state index is -4.39. The second-order valence-corrected chi connectivity index (χ2v) is 9.84. The Balaban J connectivity index is 3.43. The van der Waals surface area contributed by atoms with Crippen molar-refractivity contribution in [3.63, 3.8) is 0 Å². The third kappa shape index (κ3) is 26.2. The Kier molecular flexibility index (Phi) is 23.2. The van der Waals surface area contributed by atoms with Crippen molar-refractivity contribution in [1.29, 1.82) is 0 Å². The van der Waals surface area contributed by atoms with Gasteiger partial charge >= 0.3 is 7.82 Å². The number of phosphoric acid groups is 1. The molecule has 0 aromatic rings. The highest BCUT2D eigenvalue weighted by Gasteiger charge is 2.12. The first-order valence-electron chi connectivity index (χ1n) is 12.9. The molecule has 0 aliphatic heterocycles. The van der Waals surface area contributed by atoms with E-state index in [4.69, 9.17) is 19.3 Å². The SMILES string of the molecule is CCCCCCCCCCCCCCCCC(CCC)OCCOCCOP(=O)(O)O. The molecule has 0 aliphatic rings. The molecule has 0 aromatic heterocycles. The van der Waals surface area contributed by atoms with Gasteiger partial charge in [-0.3, -0.25) is 4.52 Å². The summed E-state index contributed by atoms with van der Waals surface area (Å²) in [6, 6.07) is 0. The van der Waals surface area contributed by atoms with Crippen LogP contribution in [0.3, 0.4) is 0 Å².